The van der Waals surface area contributed by atoms with Gasteiger partial charge in [0.05, 0.1) is 5.02 Å². The van der Waals surface area contributed by atoms with Gasteiger partial charge in [-0.15, -0.1) is 0 Å². The topological polar surface area (TPSA) is 69.7 Å². The lowest BCUT2D eigenvalue weighted by molar-refractivity contribution is 0.0950. The fraction of sp³-hybridized carbons (Fsp3) is 0.350. The number of halogens is 1. The molecule has 0 unspecified atom stereocenters. The first-order valence-corrected chi connectivity index (χ1v) is 10.9. The number of hydrogen-bond donors (Lipinski definition) is 1. The Bertz CT molecular complexity index is 953. The van der Waals surface area contributed by atoms with E-state index in [0.717, 1.165) is 11.1 Å². The van der Waals surface area contributed by atoms with Gasteiger partial charge in [0.2, 0.25) is 10.0 Å². The highest BCUT2D eigenvalue weighted by Crippen LogP contribution is 2.26. The van der Waals surface area contributed by atoms with Gasteiger partial charge in [-0.25, -0.2) is 8.42 Å². The highest BCUT2D eigenvalue weighted by Gasteiger charge is 2.29. The normalized spacial score (nSPS) is 16.1. The summed E-state index contributed by atoms with van der Waals surface area (Å²) in [5, 5.41) is 2.94. The third-order valence-electron chi connectivity index (χ3n) is 4.85. The maximum absolute atomic E-state index is 13.0. The molecule has 3 rings (SSSR count). The van der Waals surface area contributed by atoms with Crippen LogP contribution in [-0.2, 0) is 16.6 Å². The van der Waals surface area contributed by atoms with Crippen molar-refractivity contribution in [2.24, 2.45) is 0 Å². The van der Waals surface area contributed by atoms with Crippen LogP contribution in [0.5, 0.6) is 0 Å². The predicted molar refractivity (Wildman–Crippen MR) is 110 cm³/mol. The summed E-state index contributed by atoms with van der Waals surface area (Å²) in [7, 11) is -1.79. The number of rotatable bonds is 5. The van der Waals surface area contributed by atoms with E-state index in [0.29, 0.717) is 32.7 Å². The Hall–Kier alpha value is -1.93. The molecule has 0 spiro atoms. The maximum Gasteiger partial charge on any atom is 0.251 e. The van der Waals surface area contributed by atoms with Gasteiger partial charge < -0.3 is 10.2 Å². The van der Waals surface area contributed by atoms with Crippen molar-refractivity contribution in [2.45, 2.75) is 18.4 Å². The molecule has 28 heavy (non-hydrogen) atoms. The van der Waals surface area contributed by atoms with Gasteiger partial charge in [0, 0.05) is 38.3 Å². The summed E-state index contributed by atoms with van der Waals surface area (Å²) in [4.78, 5) is 14.6. The van der Waals surface area contributed by atoms with Crippen LogP contribution in [0.25, 0.3) is 0 Å². The molecule has 2 aromatic carbocycles. The van der Waals surface area contributed by atoms with Crippen molar-refractivity contribution in [1.29, 1.82) is 0 Å². The summed E-state index contributed by atoms with van der Waals surface area (Å²) < 4.78 is 27.4. The Labute approximate surface area is 171 Å². The van der Waals surface area contributed by atoms with Crippen LogP contribution in [0.3, 0.4) is 0 Å². The van der Waals surface area contributed by atoms with Crippen LogP contribution in [0.2, 0.25) is 5.02 Å². The second-order valence-electron chi connectivity index (χ2n) is 7.02. The highest BCUT2D eigenvalue weighted by atomic mass is 35.5. The molecule has 0 radical (unpaired) electrons. The number of carbonyl (C=O) groups excluding carboxylic acids is 1. The molecule has 0 atom stereocenters. The van der Waals surface area contributed by atoms with E-state index >= 15 is 0 Å². The largest absolute Gasteiger partial charge is 0.348 e. The van der Waals surface area contributed by atoms with Gasteiger partial charge in [-0.05, 0) is 37.7 Å². The zero-order valence-corrected chi connectivity index (χ0v) is 17.6. The van der Waals surface area contributed by atoms with E-state index in [-0.39, 0.29) is 21.4 Å². The van der Waals surface area contributed by atoms with Crippen LogP contribution in [-0.4, -0.2) is 56.8 Å². The van der Waals surface area contributed by atoms with E-state index in [9.17, 15) is 13.2 Å². The first-order chi connectivity index (χ1) is 13.3. The van der Waals surface area contributed by atoms with Crippen LogP contribution in [0.15, 0.2) is 47.4 Å². The number of hydrogen-bond acceptors (Lipinski definition) is 4. The number of carbonyl (C=O) groups is 1. The Balaban J connectivity index is 1.76. The number of likely N-dealkylation sites (N-methyl/N-ethyl adjacent to an activating group) is 1. The van der Waals surface area contributed by atoms with Gasteiger partial charge >= 0.3 is 0 Å². The molecule has 1 saturated heterocycles. The second kappa shape index (κ2) is 8.61. The van der Waals surface area contributed by atoms with Crippen molar-refractivity contribution < 1.29 is 13.2 Å². The molecular weight excluding hydrogens is 398 g/mol. The predicted octanol–water partition coefficient (Wildman–Crippen LogP) is 2.51. The lowest BCUT2D eigenvalue weighted by Crippen LogP contribution is -2.47. The number of amides is 1. The van der Waals surface area contributed by atoms with Crippen molar-refractivity contribution in [3.63, 3.8) is 0 Å². The van der Waals surface area contributed by atoms with Gasteiger partial charge in [0.25, 0.3) is 5.91 Å². The molecule has 1 heterocycles. The van der Waals surface area contributed by atoms with Crippen molar-refractivity contribution in [1.82, 2.24) is 14.5 Å². The van der Waals surface area contributed by atoms with E-state index in [4.69, 9.17) is 11.6 Å². The van der Waals surface area contributed by atoms with Gasteiger partial charge in [-0.1, -0.05) is 41.4 Å². The molecule has 1 N–H and O–H groups in total. The van der Waals surface area contributed by atoms with E-state index in [1.165, 1.54) is 22.5 Å². The molecular formula is C20H24ClN3O3S. The van der Waals surface area contributed by atoms with Crippen LogP contribution in [0.4, 0.5) is 0 Å². The van der Waals surface area contributed by atoms with Crippen LogP contribution in [0.1, 0.15) is 21.5 Å². The van der Waals surface area contributed by atoms with Crippen LogP contribution < -0.4 is 5.32 Å². The molecule has 2 aromatic rings. The fourth-order valence-corrected chi connectivity index (χ4v) is 4.92. The van der Waals surface area contributed by atoms with Gasteiger partial charge in [-0.2, -0.15) is 4.31 Å². The number of piperazine rings is 1. The number of aryl methyl sites for hydroxylation is 1. The summed E-state index contributed by atoms with van der Waals surface area (Å²) in [6.45, 7) is 4.49. The summed E-state index contributed by atoms with van der Waals surface area (Å²) in [6.07, 6.45) is 0. The van der Waals surface area contributed by atoms with Crippen LogP contribution >= 0.6 is 11.6 Å². The second-order valence-corrected chi connectivity index (χ2v) is 9.33. The minimum absolute atomic E-state index is 0.0262. The van der Waals surface area contributed by atoms with Gasteiger partial charge in [0.1, 0.15) is 4.90 Å². The quantitative estimate of drug-likeness (QED) is 0.805. The average Bonchev–Trinajstić information content (AvgIpc) is 2.68. The van der Waals surface area contributed by atoms with Crippen LogP contribution in [0, 0.1) is 6.92 Å². The monoisotopic (exact) mass is 421 g/mol. The molecule has 150 valence electrons. The molecule has 6 nitrogen and oxygen atoms in total. The zero-order valence-electron chi connectivity index (χ0n) is 16.0. The molecule has 1 aliphatic heterocycles. The van der Waals surface area contributed by atoms with E-state index in [1.807, 2.05) is 38.2 Å². The Morgan fingerprint density at radius 1 is 1.07 bits per heavy atom. The van der Waals surface area contributed by atoms with Gasteiger partial charge in [0.15, 0.2) is 0 Å². The van der Waals surface area contributed by atoms with Gasteiger partial charge in [-0.3, -0.25) is 4.79 Å². The number of nitrogens with one attached hydrogen (secondary N) is 1. The average molecular weight is 422 g/mol. The lowest BCUT2D eigenvalue weighted by Gasteiger charge is -2.31. The fourth-order valence-electron chi connectivity index (χ4n) is 3.00. The highest BCUT2D eigenvalue weighted by molar-refractivity contribution is 7.89. The number of nitrogens with zero attached hydrogens (tertiary/aromatic N) is 2. The first-order valence-electron chi connectivity index (χ1n) is 9.09. The Morgan fingerprint density at radius 2 is 1.71 bits per heavy atom. The third-order valence-corrected chi connectivity index (χ3v) is 7.23. The van der Waals surface area contributed by atoms with Crippen molar-refractivity contribution >= 4 is 27.5 Å². The first kappa shape index (κ1) is 20.8. The number of sulfonamides is 1. The van der Waals surface area contributed by atoms with E-state index < -0.39 is 10.0 Å². The Kier molecular flexibility index (Phi) is 6.40. The summed E-state index contributed by atoms with van der Waals surface area (Å²) in [6, 6.07) is 12.2. The summed E-state index contributed by atoms with van der Waals surface area (Å²) in [5.74, 6) is -0.341. The Morgan fingerprint density at radius 3 is 2.36 bits per heavy atom. The molecule has 1 aliphatic rings. The molecule has 0 saturated carbocycles. The molecule has 8 heteroatoms. The molecule has 0 aliphatic carbocycles. The minimum Gasteiger partial charge on any atom is -0.348 e. The molecule has 1 fully saturated rings. The molecule has 0 aromatic heterocycles. The number of benzene rings is 2. The van der Waals surface area contributed by atoms with Crippen molar-refractivity contribution in [3.05, 3.63) is 64.2 Å². The smallest absolute Gasteiger partial charge is 0.251 e. The SMILES string of the molecule is Cc1ccc(CNC(=O)c2ccc(Cl)c(S(=O)(=O)N3CCN(C)CC3)c2)cc1. The minimum atomic E-state index is -3.75. The van der Waals surface area contributed by atoms with E-state index in [2.05, 4.69) is 10.2 Å². The zero-order chi connectivity index (χ0) is 20.3. The van der Waals surface area contributed by atoms with Crippen molar-refractivity contribution in [3.8, 4) is 0 Å². The standard InChI is InChI=1S/C20H24ClN3O3S/c1-15-3-5-16(6-4-15)14-22-20(25)17-7-8-18(21)19(13-17)28(26,27)24-11-9-23(2)10-12-24/h3-8,13H,9-12,14H2,1-2H3,(H,22,25). The van der Waals surface area contributed by atoms with E-state index in [1.54, 1.807) is 0 Å². The third kappa shape index (κ3) is 4.72. The maximum atomic E-state index is 13.0. The molecule has 1 amide bonds. The van der Waals surface area contributed by atoms with Crippen molar-refractivity contribution in [2.75, 3.05) is 33.2 Å². The molecule has 0 bridgehead atoms. The summed E-state index contributed by atoms with van der Waals surface area (Å²) >= 11 is 6.17. The lowest BCUT2D eigenvalue weighted by atomic mass is 10.1. The summed E-state index contributed by atoms with van der Waals surface area (Å²) in [5.41, 5.74) is 2.38.